The summed E-state index contributed by atoms with van der Waals surface area (Å²) in [6.07, 6.45) is 5.37. The predicted octanol–water partition coefficient (Wildman–Crippen LogP) is 3.14. The maximum absolute atomic E-state index is 12.7. The molecule has 0 saturated heterocycles. The van der Waals surface area contributed by atoms with Crippen LogP contribution in [0.1, 0.15) is 45.1 Å². The van der Waals surface area contributed by atoms with Gasteiger partial charge in [0.1, 0.15) is 0 Å². The highest BCUT2D eigenvalue weighted by Gasteiger charge is 2.42. The Hall–Kier alpha value is -1.89. The number of aromatic nitrogens is 4. The number of tetrazole rings is 1. The van der Waals surface area contributed by atoms with Gasteiger partial charge in [-0.3, -0.25) is 4.79 Å². The zero-order chi connectivity index (χ0) is 18.8. The smallest absolute Gasteiger partial charge is 0.233 e. The summed E-state index contributed by atoms with van der Waals surface area (Å²) in [4.78, 5) is 12.7. The molecular weight excluding hydrogens is 358 g/mol. The largest absolute Gasteiger partial charge is 0.352 e. The molecule has 1 aromatic carbocycles. The van der Waals surface area contributed by atoms with E-state index in [1.807, 2.05) is 37.3 Å². The quantitative estimate of drug-likeness (QED) is 0.741. The Bertz CT molecular complexity index is 780. The van der Waals surface area contributed by atoms with E-state index >= 15 is 0 Å². The Labute approximate surface area is 164 Å². The molecule has 144 valence electrons. The molecule has 0 aliphatic heterocycles. The standard InChI is InChI=1S/C20H27N5OS/c1-13(18-11-16-8-9-17(18)10-16)21-19(26)14(2)27-20-22-23-24-25(20)12-15-6-4-3-5-7-15/h3-7,13-14,16-18H,8-12H2,1-2H3,(H,21,26). The van der Waals surface area contributed by atoms with Crippen molar-refractivity contribution in [1.82, 2.24) is 25.5 Å². The average molecular weight is 386 g/mol. The second-order valence-corrected chi connectivity index (χ2v) is 9.31. The van der Waals surface area contributed by atoms with Crippen molar-refractivity contribution in [1.29, 1.82) is 0 Å². The van der Waals surface area contributed by atoms with E-state index in [2.05, 4.69) is 27.8 Å². The van der Waals surface area contributed by atoms with Crippen LogP contribution in [0.15, 0.2) is 35.5 Å². The number of benzene rings is 1. The SMILES string of the molecule is CC(Sc1nnnn1Cc1ccccc1)C(=O)NC(C)C1CC2CCC1C2. The monoisotopic (exact) mass is 385 g/mol. The zero-order valence-electron chi connectivity index (χ0n) is 15.9. The number of fused-ring (bicyclic) bond motifs is 2. The molecule has 5 atom stereocenters. The molecule has 5 unspecified atom stereocenters. The molecule has 2 aromatic rings. The first-order chi connectivity index (χ1) is 13.1. The van der Waals surface area contributed by atoms with Crippen molar-refractivity contribution in [3.63, 3.8) is 0 Å². The summed E-state index contributed by atoms with van der Waals surface area (Å²) in [5.74, 6) is 2.43. The van der Waals surface area contributed by atoms with Crippen LogP contribution in [0.2, 0.25) is 0 Å². The molecule has 1 amide bonds. The topological polar surface area (TPSA) is 72.7 Å². The molecule has 2 aliphatic rings. The van der Waals surface area contributed by atoms with Crippen molar-refractivity contribution in [3.8, 4) is 0 Å². The molecule has 7 heteroatoms. The number of nitrogens with zero attached hydrogens (tertiary/aromatic N) is 4. The summed E-state index contributed by atoms with van der Waals surface area (Å²) < 4.78 is 1.75. The molecule has 2 saturated carbocycles. The predicted molar refractivity (Wildman–Crippen MR) is 105 cm³/mol. The number of thioether (sulfide) groups is 1. The van der Waals surface area contributed by atoms with Gasteiger partial charge in [-0.25, -0.2) is 4.68 Å². The van der Waals surface area contributed by atoms with Gasteiger partial charge >= 0.3 is 0 Å². The van der Waals surface area contributed by atoms with Gasteiger partial charge in [0.15, 0.2) is 0 Å². The third-order valence-corrected chi connectivity index (χ3v) is 7.20. The number of nitrogens with one attached hydrogen (secondary N) is 1. The lowest BCUT2D eigenvalue weighted by Gasteiger charge is -2.29. The van der Waals surface area contributed by atoms with E-state index in [0.717, 1.165) is 17.4 Å². The third kappa shape index (κ3) is 4.18. The van der Waals surface area contributed by atoms with Crippen LogP contribution in [-0.2, 0) is 11.3 Å². The minimum Gasteiger partial charge on any atom is -0.352 e. The van der Waals surface area contributed by atoms with E-state index in [9.17, 15) is 4.79 Å². The minimum absolute atomic E-state index is 0.0736. The van der Waals surface area contributed by atoms with Crippen LogP contribution in [0, 0.1) is 17.8 Å². The Balaban J connectivity index is 1.33. The fraction of sp³-hybridized carbons (Fsp3) is 0.600. The molecule has 6 nitrogen and oxygen atoms in total. The Morgan fingerprint density at radius 1 is 1.26 bits per heavy atom. The lowest BCUT2D eigenvalue weighted by Crippen LogP contribution is -2.43. The van der Waals surface area contributed by atoms with Crippen molar-refractivity contribution in [3.05, 3.63) is 35.9 Å². The molecule has 0 radical (unpaired) electrons. The van der Waals surface area contributed by atoms with Gasteiger partial charge in [-0.15, -0.1) is 5.10 Å². The van der Waals surface area contributed by atoms with Crippen molar-refractivity contribution in [2.24, 2.45) is 17.8 Å². The number of rotatable bonds is 7. The number of carbonyl (C=O) groups is 1. The molecule has 1 N–H and O–H groups in total. The molecule has 0 spiro atoms. The van der Waals surface area contributed by atoms with Crippen LogP contribution in [0.5, 0.6) is 0 Å². The molecule has 2 fully saturated rings. The normalized spacial score (nSPS) is 26.1. The van der Waals surface area contributed by atoms with Crippen LogP contribution in [-0.4, -0.2) is 37.4 Å². The number of amides is 1. The lowest BCUT2D eigenvalue weighted by atomic mass is 9.84. The van der Waals surface area contributed by atoms with Crippen molar-refractivity contribution in [2.45, 2.75) is 62.5 Å². The summed E-state index contributed by atoms with van der Waals surface area (Å²) in [7, 11) is 0. The maximum Gasteiger partial charge on any atom is 0.233 e. The van der Waals surface area contributed by atoms with Gasteiger partial charge in [-0.05, 0) is 66.9 Å². The zero-order valence-corrected chi connectivity index (χ0v) is 16.7. The summed E-state index contributed by atoms with van der Waals surface area (Å²) >= 11 is 1.42. The lowest BCUT2D eigenvalue weighted by molar-refractivity contribution is -0.121. The van der Waals surface area contributed by atoms with E-state index in [1.54, 1.807) is 4.68 Å². The number of carbonyl (C=O) groups excluding carboxylic acids is 1. The van der Waals surface area contributed by atoms with Crippen LogP contribution >= 0.6 is 11.8 Å². The molecule has 27 heavy (non-hydrogen) atoms. The van der Waals surface area contributed by atoms with Gasteiger partial charge in [-0.2, -0.15) is 0 Å². The number of hydrogen-bond acceptors (Lipinski definition) is 5. The molecule has 2 bridgehead atoms. The van der Waals surface area contributed by atoms with Crippen molar-refractivity contribution >= 4 is 17.7 Å². The van der Waals surface area contributed by atoms with Crippen LogP contribution in [0.25, 0.3) is 0 Å². The highest BCUT2D eigenvalue weighted by Crippen LogP contribution is 2.49. The van der Waals surface area contributed by atoms with E-state index in [-0.39, 0.29) is 17.2 Å². The van der Waals surface area contributed by atoms with E-state index in [0.29, 0.717) is 17.6 Å². The van der Waals surface area contributed by atoms with E-state index in [1.165, 1.54) is 37.4 Å². The third-order valence-electron chi connectivity index (χ3n) is 6.13. The summed E-state index contributed by atoms with van der Waals surface area (Å²) in [5.41, 5.74) is 1.13. The van der Waals surface area contributed by atoms with E-state index < -0.39 is 0 Å². The maximum atomic E-state index is 12.7. The van der Waals surface area contributed by atoms with E-state index in [4.69, 9.17) is 0 Å². The molecule has 1 aromatic heterocycles. The first-order valence-corrected chi connectivity index (χ1v) is 10.7. The highest BCUT2D eigenvalue weighted by molar-refractivity contribution is 8.00. The van der Waals surface area contributed by atoms with Gasteiger partial charge in [0.05, 0.1) is 11.8 Å². The molecular formula is C20H27N5OS. The van der Waals surface area contributed by atoms with Gasteiger partial charge < -0.3 is 5.32 Å². The number of hydrogen-bond donors (Lipinski definition) is 1. The first kappa shape index (κ1) is 18.5. The Morgan fingerprint density at radius 2 is 2.07 bits per heavy atom. The van der Waals surface area contributed by atoms with Crippen LogP contribution < -0.4 is 5.32 Å². The Kier molecular flexibility index (Phi) is 5.48. The fourth-order valence-corrected chi connectivity index (χ4v) is 5.50. The fourth-order valence-electron chi connectivity index (χ4n) is 4.70. The van der Waals surface area contributed by atoms with Gasteiger partial charge in [-0.1, -0.05) is 48.5 Å². The highest BCUT2D eigenvalue weighted by atomic mass is 32.2. The average Bonchev–Trinajstić information content (AvgIpc) is 3.40. The summed E-state index contributed by atoms with van der Waals surface area (Å²) in [6.45, 7) is 4.70. The van der Waals surface area contributed by atoms with Crippen LogP contribution in [0.4, 0.5) is 0 Å². The minimum atomic E-state index is -0.230. The van der Waals surface area contributed by atoms with Gasteiger partial charge in [0, 0.05) is 6.04 Å². The van der Waals surface area contributed by atoms with Crippen molar-refractivity contribution in [2.75, 3.05) is 0 Å². The molecule has 1 heterocycles. The van der Waals surface area contributed by atoms with Gasteiger partial charge in [0.2, 0.25) is 11.1 Å². The van der Waals surface area contributed by atoms with Crippen molar-refractivity contribution < 1.29 is 4.79 Å². The molecule has 4 rings (SSSR count). The Morgan fingerprint density at radius 3 is 2.78 bits per heavy atom. The van der Waals surface area contributed by atoms with Gasteiger partial charge in [0.25, 0.3) is 0 Å². The second-order valence-electron chi connectivity index (χ2n) is 8.00. The summed E-state index contributed by atoms with van der Waals surface area (Å²) in [5, 5.41) is 15.7. The van der Waals surface area contributed by atoms with Crippen LogP contribution in [0.3, 0.4) is 0 Å². The molecule has 2 aliphatic carbocycles. The summed E-state index contributed by atoms with van der Waals surface area (Å²) in [6, 6.07) is 10.3. The second kappa shape index (κ2) is 8.00. The first-order valence-electron chi connectivity index (χ1n) is 9.87.